The minimum atomic E-state index is -0.304. The molecule has 0 aliphatic carbocycles. The van der Waals surface area contributed by atoms with E-state index in [9.17, 15) is 0 Å². The Labute approximate surface area is 295 Å². The summed E-state index contributed by atoms with van der Waals surface area (Å²) in [5, 5.41) is 10.7. The molecule has 1 atom stereocenters. The summed E-state index contributed by atoms with van der Waals surface area (Å²) in [7, 11) is 0. The monoisotopic (exact) mass is 653 g/mol. The molecule has 240 valence electrons. The van der Waals surface area contributed by atoms with Gasteiger partial charge in [0.2, 0.25) is 0 Å². The summed E-state index contributed by atoms with van der Waals surface area (Å²) in [6, 6.07) is 61.7. The molecule has 8 aromatic carbocycles. The Morgan fingerprint density at radius 3 is 1.76 bits per heavy atom. The molecule has 0 fully saturated rings. The summed E-state index contributed by atoms with van der Waals surface area (Å²) < 4.78 is 6.53. The molecular weight excluding hydrogens is 623 g/mol. The number of rotatable bonds is 5. The summed E-state index contributed by atoms with van der Waals surface area (Å²) >= 11 is 0. The van der Waals surface area contributed by atoms with E-state index >= 15 is 0 Å². The van der Waals surface area contributed by atoms with E-state index in [1.165, 1.54) is 27.1 Å². The molecule has 0 bridgehead atoms. The molecule has 0 radical (unpaired) electrons. The summed E-state index contributed by atoms with van der Waals surface area (Å²) in [5.41, 5.74) is 9.29. The van der Waals surface area contributed by atoms with E-state index in [1.54, 1.807) is 0 Å². The van der Waals surface area contributed by atoms with Gasteiger partial charge in [0.25, 0.3) is 0 Å². The van der Waals surface area contributed by atoms with Gasteiger partial charge in [0.1, 0.15) is 23.2 Å². The molecule has 1 aliphatic heterocycles. The number of nitrogens with one attached hydrogen (secondary N) is 1. The van der Waals surface area contributed by atoms with Crippen molar-refractivity contribution >= 4 is 55.2 Å². The third-order valence-electron chi connectivity index (χ3n) is 9.92. The summed E-state index contributed by atoms with van der Waals surface area (Å²) in [6.45, 7) is 0. The Balaban J connectivity index is 1.05. The Morgan fingerprint density at radius 2 is 1.04 bits per heavy atom. The number of hydrogen-bond acceptors (Lipinski definition) is 4. The third kappa shape index (κ3) is 5.25. The number of furan rings is 1. The molecule has 4 nitrogen and oxygen atoms in total. The highest BCUT2D eigenvalue weighted by molar-refractivity contribution is 6.22. The molecule has 51 heavy (non-hydrogen) atoms. The summed E-state index contributed by atoms with van der Waals surface area (Å²) in [5.74, 6) is 1.45. The fourth-order valence-electron chi connectivity index (χ4n) is 7.27. The fraction of sp³-hybridized carbons (Fsp3) is 0.0213. The molecule has 1 aliphatic rings. The lowest BCUT2D eigenvalue weighted by Gasteiger charge is -2.24. The molecule has 0 amide bonds. The predicted octanol–water partition coefficient (Wildman–Crippen LogP) is 11.7. The van der Waals surface area contributed by atoms with E-state index < -0.39 is 0 Å². The normalized spacial score (nSPS) is 14.5. The van der Waals surface area contributed by atoms with Gasteiger partial charge in [0, 0.05) is 21.9 Å². The zero-order valence-corrected chi connectivity index (χ0v) is 27.6. The number of nitrogens with zero attached hydrogens (tertiary/aromatic N) is 2. The Kier molecular flexibility index (Phi) is 6.85. The number of fused-ring (bicyclic) bond motifs is 5. The van der Waals surface area contributed by atoms with Crippen molar-refractivity contribution in [2.24, 2.45) is 9.98 Å². The van der Waals surface area contributed by atoms with E-state index in [0.29, 0.717) is 5.84 Å². The highest BCUT2D eigenvalue weighted by Crippen LogP contribution is 2.36. The van der Waals surface area contributed by atoms with Crippen LogP contribution in [-0.2, 0) is 0 Å². The molecule has 2 heterocycles. The second kappa shape index (κ2) is 12.0. The molecule has 10 rings (SSSR count). The van der Waals surface area contributed by atoms with Crippen LogP contribution in [-0.4, -0.2) is 11.7 Å². The van der Waals surface area contributed by atoms with E-state index in [1.807, 2.05) is 30.3 Å². The zero-order valence-electron chi connectivity index (χ0n) is 27.6. The first-order chi connectivity index (χ1) is 25.2. The Bertz CT molecular complexity index is 2830. The van der Waals surface area contributed by atoms with Gasteiger partial charge in [-0.15, -0.1) is 0 Å². The average Bonchev–Trinajstić information content (AvgIpc) is 3.59. The Morgan fingerprint density at radius 1 is 0.451 bits per heavy atom. The van der Waals surface area contributed by atoms with Gasteiger partial charge in [-0.05, 0) is 79.7 Å². The predicted molar refractivity (Wildman–Crippen MR) is 211 cm³/mol. The van der Waals surface area contributed by atoms with Crippen molar-refractivity contribution < 1.29 is 4.42 Å². The van der Waals surface area contributed by atoms with Crippen molar-refractivity contribution in [3.8, 4) is 22.3 Å². The van der Waals surface area contributed by atoms with Crippen LogP contribution in [0.25, 0.3) is 65.7 Å². The van der Waals surface area contributed by atoms with Crippen molar-refractivity contribution in [2.75, 3.05) is 0 Å². The van der Waals surface area contributed by atoms with Gasteiger partial charge in [-0.2, -0.15) is 0 Å². The lowest BCUT2D eigenvalue weighted by molar-refractivity contribution is 0.668. The van der Waals surface area contributed by atoms with Crippen LogP contribution in [0.4, 0.5) is 0 Å². The molecule has 1 aromatic heterocycles. The Hall–Kier alpha value is -6.78. The highest BCUT2D eigenvalue weighted by Gasteiger charge is 2.24. The minimum Gasteiger partial charge on any atom is -0.456 e. The van der Waals surface area contributed by atoms with Crippen LogP contribution in [0.1, 0.15) is 22.9 Å². The van der Waals surface area contributed by atoms with Gasteiger partial charge in [-0.25, -0.2) is 9.98 Å². The maximum absolute atomic E-state index is 6.53. The topological polar surface area (TPSA) is 49.9 Å². The van der Waals surface area contributed by atoms with Crippen LogP contribution in [0.3, 0.4) is 0 Å². The van der Waals surface area contributed by atoms with E-state index in [-0.39, 0.29) is 6.17 Å². The molecule has 9 aromatic rings. The second-order valence-corrected chi connectivity index (χ2v) is 13.1. The van der Waals surface area contributed by atoms with Crippen LogP contribution < -0.4 is 5.32 Å². The number of hydrogen-bond donors (Lipinski definition) is 1. The van der Waals surface area contributed by atoms with Crippen LogP contribution in [0.15, 0.2) is 190 Å². The molecule has 0 spiro atoms. The lowest BCUT2D eigenvalue weighted by atomic mass is 9.99. The van der Waals surface area contributed by atoms with Gasteiger partial charge in [-0.1, -0.05) is 146 Å². The highest BCUT2D eigenvalue weighted by atomic mass is 16.3. The smallest absolute Gasteiger partial charge is 0.159 e. The van der Waals surface area contributed by atoms with Crippen LogP contribution >= 0.6 is 0 Å². The third-order valence-corrected chi connectivity index (χ3v) is 9.92. The number of aliphatic imine (C=N–C) groups is 2. The zero-order chi connectivity index (χ0) is 33.7. The van der Waals surface area contributed by atoms with E-state index in [0.717, 1.165) is 61.2 Å². The molecule has 4 heteroatoms. The first-order valence-corrected chi connectivity index (χ1v) is 17.3. The van der Waals surface area contributed by atoms with Crippen LogP contribution in [0.5, 0.6) is 0 Å². The minimum absolute atomic E-state index is 0.304. The van der Waals surface area contributed by atoms with Crippen molar-refractivity contribution in [1.29, 1.82) is 0 Å². The van der Waals surface area contributed by atoms with Gasteiger partial charge in [0.05, 0.1) is 0 Å². The first-order valence-electron chi connectivity index (χ1n) is 17.3. The van der Waals surface area contributed by atoms with Crippen LogP contribution in [0, 0.1) is 0 Å². The molecule has 0 saturated heterocycles. The quantitative estimate of drug-likeness (QED) is 0.201. The largest absolute Gasteiger partial charge is 0.456 e. The standard InChI is InChI=1S/C47H31N3O/c1-2-11-33(12-3-1)45-48-46(34-21-17-32(18-22-34)37-23-19-30-9-4-6-13-35(30)27-37)50-47(49-45)41-15-8-16-42-44(41)40-26-25-39(29-43(40)51-42)38-24-20-31-10-5-7-14-36(31)28-38/h1-29,45H,(H,48,49,50). The van der Waals surface area contributed by atoms with Crippen molar-refractivity contribution in [1.82, 2.24) is 5.32 Å². The van der Waals surface area contributed by atoms with E-state index in [4.69, 9.17) is 14.4 Å². The van der Waals surface area contributed by atoms with Crippen LogP contribution in [0.2, 0.25) is 0 Å². The number of benzene rings is 8. The van der Waals surface area contributed by atoms with Gasteiger partial charge in [0.15, 0.2) is 5.84 Å². The van der Waals surface area contributed by atoms with Crippen molar-refractivity contribution in [2.45, 2.75) is 6.17 Å². The van der Waals surface area contributed by atoms with Crippen molar-refractivity contribution in [3.63, 3.8) is 0 Å². The average molecular weight is 654 g/mol. The summed E-state index contributed by atoms with van der Waals surface area (Å²) in [4.78, 5) is 10.3. The van der Waals surface area contributed by atoms with Crippen molar-refractivity contribution in [3.05, 3.63) is 193 Å². The molecule has 1 unspecified atom stereocenters. The SMILES string of the molecule is c1ccc(C2N=C(c3ccc(-c4ccc5ccccc5c4)cc3)N=C(c3cccc4oc5cc(-c6ccc7ccccc7c6)ccc5c34)N2)cc1. The summed E-state index contributed by atoms with van der Waals surface area (Å²) in [6.07, 6.45) is -0.304. The van der Waals surface area contributed by atoms with Gasteiger partial charge in [-0.3, -0.25) is 0 Å². The first kappa shape index (κ1) is 29.2. The maximum atomic E-state index is 6.53. The van der Waals surface area contributed by atoms with Gasteiger partial charge < -0.3 is 9.73 Å². The fourth-order valence-corrected chi connectivity index (χ4v) is 7.27. The maximum Gasteiger partial charge on any atom is 0.159 e. The molecule has 1 N–H and O–H groups in total. The number of amidine groups is 2. The lowest BCUT2D eigenvalue weighted by Crippen LogP contribution is -2.33. The molecular formula is C47H31N3O. The molecule has 0 saturated carbocycles. The second-order valence-electron chi connectivity index (χ2n) is 13.1. The van der Waals surface area contributed by atoms with Gasteiger partial charge >= 0.3 is 0 Å². The van der Waals surface area contributed by atoms with E-state index in [2.05, 4.69) is 151 Å².